The molecule has 8 nitrogen and oxygen atoms in total. The Hall–Kier alpha value is -2.82. The average molecular weight is 460 g/mol. The molecule has 2 N–H and O–H groups in total. The van der Waals surface area contributed by atoms with Gasteiger partial charge < -0.3 is 5.32 Å². The van der Waals surface area contributed by atoms with E-state index in [-0.39, 0.29) is 23.4 Å². The molecule has 0 saturated heterocycles. The number of aromatic amines is 1. The van der Waals surface area contributed by atoms with Crippen LogP contribution in [-0.4, -0.2) is 47.5 Å². The summed E-state index contributed by atoms with van der Waals surface area (Å²) in [5, 5.41) is 9.94. The number of nitrogens with zero attached hydrogens (tertiary/aromatic N) is 3. The lowest BCUT2D eigenvalue weighted by Crippen LogP contribution is -2.30. The third kappa shape index (κ3) is 5.09. The van der Waals surface area contributed by atoms with Gasteiger partial charge in [-0.3, -0.25) is 14.5 Å². The van der Waals surface area contributed by atoms with Crippen molar-refractivity contribution < 1.29 is 13.2 Å². The number of sulfonamides is 1. The predicted molar refractivity (Wildman–Crippen MR) is 121 cm³/mol. The predicted octanol–water partition coefficient (Wildman–Crippen LogP) is 3.04. The van der Waals surface area contributed by atoms with Crippen LogP contribution in [-0.2, 0) is 21.4 Å². The van der Waals surface area contributed by atoms with Crippen molar-refractivity contribution in [3.8, 4) is 11.4 Å². The van der Waals surface area contributed by atoms with Crippen molar-refractivity contribution in [1.82, 2.24) is 24.4 Å². The molecular weight excluding hydrogens is 434 g/mol. The van der Waals surface area contributed by atoms with Crippen LogP contribution >= 0.6 is 12.2 Å². The molecule has 3 aromatic rings. The van der Waals surface area contributed by atoms with E-state index >= 15 is 0 Å². The molecule has 2 aromatic carbocycles. The van der Waals surface area contributed by atoms with Gasteiger partial charge in [-0.05, 0) is 49.8 Å². The molecule has 0 aliphatic rings. The Labute approximate surface area is 187 Å². The Kier molecular flexibility index (Phi) is 6.73. The summed E-state index contributed by atoms with van der Waals surface area (Å²) in [7, 11) is -0.527. The van der Waals surface area contributed by atoms with Gasteiger partial charge in [0.2, 0.25) is 15.9 Å². The topological polar surface area (TPSA) is 100 Å². The van der Waals surface area contributed by atoms with Gasteiger partial charge in [-0.1, -0.05) is 35.9 Å². The summed E-state index contributed by atoms with van der Waals surface area (Å²) in [6, 6.07) is 14.0. The minimum absolute atomic E-state index is 0.00996. The van der Waals surface area contributed by atoms with Crippen LogP contribution in [0.2, 0.25) is 0 Å². The molecule has 0 aliphatic carbocycles. The van der Waals surface area contributed by atoms with Gasteiger partial charge in [0.15, 0.2) is 10.6 Å². The van der Waals surface area contributed by atoms with Crippen molar-refractivity contribution >= 4 is 28.1 Å². The number of carbonyl (C=O) groups is 1. The quantitative estimate of drug-likeness (QED) is 0.529. The number of benzene rings is 2. The SMILES string of the molecule is Cc1cccc(-c2n[nH]c(=S)n2CC(=O)NC(C)c2ccc(S(=O)(=O)N(C)C)cc2)c1. The van der Waals surface area contributed by atoms with Gasteiger partial charge in [0.25, 0.3) is 0 Å². The van der Waals surface area contributed by atoms with Gasteiger partial charge in [0.1, 0.15) is 6.54 Å². The summed E-state index contributed by atoms with van der Waals surface area (Å²) >= 11 is 5.31. The van der Waals surface area contributed by atoms with E-state index < -0.39 is 10.0 Å². The van der Waals surface area contributed by atoms with Gasteiger partial charge in [0.05, 0.1) is 10.9 Å². The van der Waals surface area contributed by atoms with E-state index in [2.05, 4.69) is 15.5 Å². The van der Waals surface area contributed by atoms with Crippen molar-refractivity contribution in [2.75, 3.05) is 14.1 Å². The molecule has 0 radical (unpaired) electrons. The normalized spacial score (nSPS) is 12.7. The lowest BCUT2D eigenvalue weighted by atomic mass is 10.1. The van der Waals surface area contributed by atoms with Crippen LogP contribution < -0.4 is 5.32 Å². The molecule has 0 saturated carbocycles. The second-order valence-electron chi connectivity index (χ2n) is 7.45. The fraction of sp³-hybridized carbons (Fsp3) is 0.286. The van der Waals surface area contributed by atoms with Crippen molar-refractivity contribution in [3.05, 3.63) is 64.4 Å². The highest BCUT2D eigenvalue weighted by Gasteiger charge is 2.18. The fourth-order valence-corrected chi connectivity index (χ4v) is 4.22. The van der Waals surface area contributed by atoms with E-state index in [0.717, 1.165) is 21.0 Å². The number of nitrogens with one attached hydrogen (secondary N) is 2. The van der Waals surface area contributed by atoms with E-state index in [1.807, 2.05) is 38.1 Å². The van der Waals surface area contributed by atoms with E-state index in [1.165, 1.54) is 26.2 Å². The number of rotatable bonds is 7. The largest absolute Gasteiger partial charge is 0.348 e. The Morgan fingerprint density at radius 3 is 2.52 bits per heavy atom. The monoisotopic (exact) mass is 459 g/mol. The number of amides is 1. The van der Waals surface area contributed by atoms with Gasteiger partial charge in [-0.25, -0.2) is 12.7 Å². The maximum atomic E-state index is 12.7. The van der Waals surface area contributed by atoms with Crippen LogP contribution in [0.15, 0.2) is 53.4 Å². The van der Waals surface area contributed by atoms with Crippen LogP contribution in [0.25, 0.3) is 11.4 Å². The fourth-order valence-electron chi connectivity index (χ4n) is 3.12. The molecule has 1 unspecified atom stereocenters. The van der Waals surface area contributed by atoms with Crippen LogP contribution in [0.5, 0.6) is 0 Å². The first-order valence-electron chi connectivity index (χ1n) is 9.63. The molecule has 164 valence electrons. The zero-order valence-electron chi connectivity index (χ0n) is 17.8. The molecule has 0 bridgehead atoms. The third-order valence-electron chi connectivity index (χ3n) is 4.87. The van der Waals surface area contributed by atoms with Crippen LogP contribution in [0.1, 0.15) is 24.1 Å². The van der Waals surface area contributed by atoms with E-state index in [4.69, 9.17) is 12.2 Å². The van der Waals surface area contributed by atoms with Crippen LogP contribution in [0.4, 0.5) is 0 Å². The number of aryl methyl sites for hydroxylation is 1. The smallest absolute Gasteiger partial charge is 0.242 e. The Morgan fingerprint density at radius 1 is 1.23 bits per heavy atom. The molecule has 10 heteroatoms. The van der Waals surface area contributed by atoms with Crippen molar-refractivity contribution in [3.63, 3.8) is 0 Å². The second-order valence-corrected chi connectivity index (χ2v) is 9.99. The molecule has 0 aliphatic heterocycles. The maximum absolute atomic E-state index is 12.7. The number of hydrogen-bond donors (Lipinski definition) is 2. The van der Waals surface area contributed by atoms with Crippen LogP contribution in [0, 0.1) is 11.7 Å². The highest BCUT2D eigenvalue weighted by atomic mass is 32.2. The van der Waals surface area contributed by atoms with Crippen molar-refractivity contribution in [2.24, 2.45) is 0 Å². The number of carbonyl (C=O) groups excluding carboxylic acids is 1. The van der Waals surface area contributed by atoms with Gasteiger partial charge in [0, 0.05) is 19.7 Å². The summed E-state index contributed by atoms with van der Waals surface area (Å²) < 4.78 is 27.6. The molecule has 0 spiro atoms. The molecule has 3 rings (SSSR count). The lowest BCUT2D eigenvalue weighted by Gasteiger charge is -2.16. The Balaban J connectivity index is 1.73. The summed E-state index contributed by atoms with van der Waals surface area (Å²) in [5.74, 6) is 0.360. The molecule has 1 heterocycles. The summed E-state index contributed by atoms with van der Waals surface area (Å²) in [6.45, 7) is 3.83. The first kappa shape index (κ1) is 22.9. The Bertz CT molecular complexity index is 1240. The van der Waals surface area contributed by atoms with Crippen molar-refractivity contribution in [1.29, 1.82) is 0 Å². The van der Waals surface area contributed by atoms with Gasteiger partial charge in [-0.15, -0.1) is 0 Å². The Morgan fingerprint density at radius 2 is 1.90 bits per heavy atom. The highest BCUT2D eigenvalue weighted by molar-refractivity contribution is 7.89. The molecule has 1 aromatic heterocycles. The maximum Gasteiger partial charge on any atom is 0.242 e. The first-order valence-corrected chi connectivity index (χ1v) is 11.5. The average Bonchev–Trinajstić information content (AvgIpc) is 3.08. The molecule has 1 amide bonds. The molecular formula is C21H25N5O3S2. The number of aromatic nitrogens is 3. The van der Waals surface area contributed by atoms with Gasteiger partial charge >= 0.3 is 0 Å². The lowest BCUT2D eigenvalue weighted by molar-refractivity contribution is -0.122. The molecule has 0 fully saturated rings. The number of H-pyrrole nitrogens is 1. The van der Waals surface area contributed by atoms with E-state index in [0.29, 0.717) is 10.6 Å². The number of hydrogen-bond acceptors (Lipinski definition) is 5. The van der Waals surface area contributed by atoms with Crippen molar-refractivity contribution in [2.45, 2.75) is 31.3 Å². The van der Waals surface area contributed by atoms with Gasteiger partial charge in [-0.2, -0.15) is 5.10 Å². The van der Waals surface area contributed by atoms with E-state index in [9.17, 15) is 13.2 Å². The second kappa shape index (κ2) is 9.13. The summed E-state index contributed by atoms with van der Waals surface area (Å²) in [6.07, 6.45) is 0. The van der Waals surface area contributed by atoms with Crippen LogP contribution in [0.3, 0.4) is 0 Å². The summed E-state index contributed by atoms with van der Waals surface area (Å²) in [4.78, 5) is 12.9. The van der Waals surface area contributed by atoms with E-state index in [1.54, 1.807) is 16.7 Å². The zero-order valence-corrected chi connectivity index (χ0v) is 19.4. The summed E-state index contributed by atoms with van der Waals surface area (Å²) in [5.41, 5.74) is 2.74. The first-order chi connectivity index (χ1) is 14.6. The minimum atomic E-state index is -3.50. The standard InChI is InChI=1S/C21H25N5O3S2/c1-14-6-5-7-17(12-14)20-23-24-21(30)26(20)13-19(27)22-15(2)16-8-10-18(11-9-16)31(28,29)25(3)4/h5-12,15H,13H2,1-4H3,(H,22,27)(H,24,30). The zero-order chi connectivity index (χ0) is 22.8. The minimum Gasteiger partial charge on any atom is -0.348 e. The third-order valence-corrected chi connectivity index (χ3v) is 7.01. The molecule has 31 heavy (non-hydrogen) atoms. The molecule has 1 atom stereocenters. The highest BCUT2D eigenvalue weighted by Crippen LogP contribution is 2.20.